The molecule has 2 atom stereocenters. The Morgan fingerprint density at radius 1 is 1.24 bits per heavy atom. The molecule has 25 heavy (non-hydrogen) atoms. The zero-order valence-electron chi connectivity index (χ0n) is 14.7. The van der Waals surface area contributed by atoms with Crippen LogP contribution >= 0.6 is 0 Å². The normalized spacial score (nSPS) is 33.2. The first-order valence-electron chi connectivity index (χ1n) is 9.11. The maximum absolute atomic E-state index is 12.3. The smallest absolute Gasteiger partial charge is 0.201 e. The molecule has 1 aliphatic heterocycles. The van der Waals surface area contributed by atoms with Crippen molar-refractivity contribution < 1.29 is 19.4 Å². The molecule has 0 spiro atoms. The van der Waals surface area contributed by atoms with Gasteiger partial charge in [0.05, 0.1) is 12.7 Å². The summed E-state index contributed by atoms with van der Waals surface area (Å²) in [4.78, 5) is 26.7. The number of methoxy groups -OCH3 is 1. The lowest BCUT2D eigenvalue weighted by Crippen LogP contribution is -2.67. The first kappa shape index (κ1) is 16.7. The second kappa shape index (κ2) is 5.92. The molecule has 1 N–H and O–H groups in total. The number of piperidine rings is 1. The zero-order chi connectivity index (χ0) is 17.7. The molecule has 3 aliphatic rings. The highest BCUT2D eigenvalue weighted by Crippen LogP contribution is 2.50. The Balaban J connectivity index is 1.72. The van der Waals surface area contributed by atoms with Crippen molar-refractivity contribution in [1.82, 2.24) is 4.90 Å². The predicted octanol–water partition coefficient (Wildman–Crippen LogP) is 1.71. The van der Waals surface area contributed by atoms with E-state index in [1.165, 1.54) is 12.8 Å². The Labute approximate surface area is 148 Å². The van der Waals surface area contributed by atoms with E-state index in [0.29, 0.717) is 18.7 Å². The molecule has 2 saturated carbocycles. The number of hydrogen-bond donors (Lipinski definition) is 1. The van der Waals surface area contributed by atoms with Crippen LogP contribution in [0.2, 0.25) is 0 Å². The molecular weight excluding hydrogens is 318 g/mol. The molecular formula is C20H25NO4. The lowest BCUT2D eigenvalue weighted by molar-refractivity contribution is -0.160. The molecule has 134 valence electrons. The van der Waals surface area contributed by atoms with E-state index >= 15 is 0 Å². The maximum Gasteiger partial charge on any atom is 0.201 e. The van der Waals surface area contributed by atoms with Gasteiger partial charge in [-0.3, -0.25) is 9.59 Å². The molecule has 1 heterocycles. The minimum Gasteiger partial charge on any atom is -0.497 e. The third-order valence-corrected chi connectivity index (χ3v) is 6.29. The van der Waals surface area contributed by atoms with Gasteiger partial charge in [0, 0.05) is 31.3 Å². The number of carbonyl (C=O) groups excluding carboxylic acids is 2. The SMILES string of the molecule is COc1cccc([C@]23CCN(CC4CC4)C[C@]2(O)CC(=O)C(=O)C3)c1. The molecule has 0 unspecified atom stereocenters. The van der Waals surface area contributed by atoms with Gasteiger partial charge in [0.15, 0.2) is 5.78 Å². The average Bonchev–Trinajstić information content (AvgIpc) is 3.40. The summed E-state index contributed by atoms with van der Waals surface area (Å²) < 4.78 is 5.34. The number of carbonyl (C=O) groups is 2. The van der Waals surface area contributed by atoms with Crippen molar-refractivity contribution in [2.45, 2.75) is 43.1 Å². The summed E-state index contributed by atoms with van der Waals surface area (Å²) in [5.74, 6) is 0.644. The highest BCUT2D eigenvalue weighted by molar-refractivity contribution is 6.38. The van der Waals surface area contributed by atoms with Crippen LogP contribution < -0.4 is 4.74 Å². The quantitative estimate of drug-likeness (QED) is 0.843. The number of aliphatic hydroxyl groups is 1. The number of ketones is 2. The van der Waals surface area contributed by atoms with Crippen molar-refractivity contribution in [2.75, 3.05) is 26.7 Å². The van der Waals surface area contributed by atoms with E-state index in [4.69, 9.17) is 4.74 Å². The maximum atomic E-state index is 12.3. The van der Waals surface area contributed by atoms with Gasteiger partial charge in [-0.15, -0.1) is 0 Å². The minimum atomic E-state index is -1.20. The number of ether oxygens (including phenoxy) is 1. The van der Waals surface area contributed by atoms with Crippen molar-refractivity contribution in [1.29, 1.82) is 0 Å². The van der Waals surface area contributed by atoms with Crippen LogP contribution in [0.4, 0.5) is 0 Å². The summed E-state index contributed by atoms with van der Waals surface area (Å²) in [6.07, 6.45) is 3.21. The number of fused-ring (bicyclic) bond motifs is 1. The second-order valence-corrected chi connectivity index (χ2v) is 7.97. The highest BCUT2D eigenvalue weighted by Gasteiger charge is 2.60. The fourth-order valence-electron chi connectivity index (χ4n) is 4.65. The van der Waals surface area contributed by atoms with E-state index in [0.717, 1.165) is 24.6 Å². The first-order valence-corrected chi connectivity index (χ1v) is 9.11. The van der Waals surface area contributed by atoms with Crippen LogP contribution in [0.5, 0.6) is 5.75 Å². The predicted molar refractivity (Wildman–Crippen MR) is 92.7 cm³/mol. The lowest BCUT2D eigenvalue weighted by Gasteiger charge is -2.55. The molecule has 1 saturated heterocycles. The van der Waals surface area contributed by atoms with Gasteiger partial charge in [0.1, 0.15) is 5.75 Å². The van der Waals surface area contributed by atoms with Crippen LogP contribution in [0.1, 0.15) is 37.7 Å². The number of benzene rings is 1. The summed E-state index contributed by atoms with van der Waals surface area (Å²) >= 11 is 0. The van der Waals surface area contributed by atoms with Crippen molar-refractivity contribution in [3.8, 4) is 5.75 Å². The number of rotatable bonds is 4. The van der Waals surface area contributed by atoms with Crippen LogP contribution in [0.15, 0.2) is 24.3 Å². The molecule has 3 fully saturated rings. The standard InChI is InChI=1S/C20H25NO4/c1-25-16-4-2-3-15(9-16)19-7-8-21(12-14-5-6-14)13-20(19,24)11-18(23)17(22)10-19/h2-4,9,14,24H,5-8,10-13H2,1H3/t19-,20-/m1/s1. The van der Waals surface area contributed by atoms with E-state index in [1.807, 2.05) is 24.3 Å². The third kappa shape index (κ3) is 2.79. The number of hydrogen-bond acceptors (Lipinski definition) is 5. The van der Waals surface area contributed by atoms with E-state index < -0.39 is 16.8 Å². The van der Waals surface area contributed by atoms with Gasteiger partial charge in [-0.25, -0.2) is 0 Å². The zero-order valence-corrected chi connectivity index (χ0v) is 14.7. The van der Waals surface area contributed by atoms with E-state index in [1.54, 1.807) is 7.11 Å². The molecule has 5 heteroatoms. The lowest BCUT2D eigenvalue weighted by atomic mass is 9.55. The molecule has 1 aromatic carbocycles. The van der Waals surface area contributed by atoms with E-state index in [2.05, 4.69) is 4.90 Å². The molecule has 4 rings (SSSR count). The fourth-order valence-corrected chi connectivity index (χ4v) is 4.65. The number of likely N-dealkylation sites (tertiary alicyclic amines) is 1. The summed E-state index contributed by atoms with van der Waals surface area (Å²) in [5.41, 5.74) is -0.995. The van der Waals surface area contributed by atoms with Crippen LogP contribution in [-0.4, -0.2) is 53.9 Å². The van der Waals surface area contributed by atoms with Gasteiger partial charge >= 0.3 is 0 Å². The van der Waals surface area contributed by atoms with Gasteiger partial charge in [0.2, 0.25) is 5.78 Å². The number of Topliss-reactive ketones (excluding diaryl/α,β-unsaturated/α-hetero) is 2. The molecule has 0 amide bonds. The Kier molecular flexibility index (Phi) is 3.96. The van der Waals surface area contributed by atoms with Gasteiger partial charge < -0.3 is 14.7 Å². The summed E-state index contributed by atoms with van der Waals surface area (Å²) in [5, 5.41) is 11.6. The van der Waals surface area contributed by atoms with Gasteiger partial charge in [-0.2, -0.15) is 0 Å². The molecule has 1 aromatic rings. The van der Waals surface area contributed by atoms with Crippen molar-refractivity contribution in [3.63, 3.8) is 0 Å². The average molecular weight is 343 g/mol. The molecule has 5 nitrogen and oxygen atoms in total. The summed E-state index contributed by atoms with van der Waals surface area (Å²) in [7, 11) is 1.61. The van der Waals surface area contributed by atoms with Crippen LogP contribution in [0.3, 0.4) is 0 Å². The summed E-state index contributed by atoms with van der Waals surface area (Å²) in [6, 6.07) is 7.61. The monoisotopic (exact) mass is 343 g/mol. The van der Waals surface area contributed by atoms with Gasteiger partial charge in [-0.1, -0.05) is 12.1 Å². The van der Waals surface area contributed by atoms with Crippen LogP contribution in [0.25, 0.3) is 0 Å². The molecule has 0 radical (unpaired) electrons. The van der Waals surface area contributed by atoms with Crippen molar-refractivity contribution in [3.05, 3.63) is 29.8 Å². The van der Waals surface area contributed by atoms with Crippen molar-refractivity contribution in [2.24, 2.45) is 5.92 Å². The van der Waals surface area contributed by atoms with E-state index in [9.17, 15) is 14.7 Å². The van der Waals surface area contributed by atoms with Gasteiger partial charge in [-0.05, 0) is 49.4 Å². The van der Waals surface area contributed by atoms with Crippen LogP contribution in [-0.2, 0) is 15.0 Å². The van der Waals surface area contributed by atoms with Crippen molar-refractivity contribution >= 4 is 11.6 Å². The summed E-state index contributed by atoms with van der Waals surface area (Å²) in [6.45, 7) is 2.29. The Bertz CT molecular complexity index is 713. The Morgan fingerprint density at radius 3 is 2.72 bits per heavy atom. The number of β-amino-alcohol motifs (C(OH)–C–C–N with tert-alkyl or cyclic N) is 1. The highest BCUT2D eigenvalue weighted by atomic mass is 16.5. The van der Waals surface area contributed by atoms with Crippen LogP contribution in [0, 0.1) is 5.92 Å². The fraction of sp³-hybridized carbons (Fsp3) is 0.600. The second-order valence-electron chi connectivity index (χ2n) is 7.97. The number of nitrogens with zero attached hydrogens (tertiary/aromatic N) is 1. The first-order chi connectivity index (χ1) is 12.0. The molecule has 0 aromatic heterocycles. The van der Waals surface area contributed by atoms with E-state index in [-0.39, 0.29) is 18.6 Å². The topological polar surface area (TPSA) is 66.8 Å². The largest absolute Gasteiger partial charge is 0.497 e. The Morgan fingerprint density at radius 2 is 2.00 bits per heavy atom. The van der Waals surface area contributed by atoms with Gasteiger partial charge in [0.25, 0.3) is 0 Å². The molecule has 2 aliphatic carbocycles. The third-order valence-electron chi connectivity index (χ3n) is 6.29. The minimum absolute atomic E-state index is 0.0792. The Hall–Kier alpha value is -1.72. The molecule has 0 bridgehead atoms.